The van der Waals surface area contributed by atoms with Gasteiger partial charge in [0.1, 0.15) is 11.3 Å². The molecule has 0 fully saturated rings. The number of ether oxygens (including phenoxy) is 1. The molecule has 4 rings (SSSR count). The van der Waals surface area contributed by atoms with E-state index < -0.39 is 5.91 Å². The van der Waals surface area contributed by atoms with Gasteiger partial charge in [-0.25, -0.2) is 4.98 Å². The van der Waals surface area contributed by atoms with Crippen LogP contribution in [-0.2, 0) is 0 Å². The van der Waals surface area contributed by atoms with Crippen molar-refractivity contribution in [1.29, 1.82) is 0 Å². The second-order valence-corrected chi connectivity index (χ2v) is 6.46. The number of fused-ring (bicyclic) bond motifs is 1. The van der Waals surface area contributed by atoms with Gasteiger partial charge in [0, 0.05) is 18.0 Å². The largest absolute Gasteiger partial charge is 0.441 e. The van der Waals surface area contributed by atoms with E-state index in [-0.39, 0.29) is 11.7 Å². The predicted molar refractivity (Wildman–Crippen MR) is 102 cm³/mol. The van der Waals surface area contributed by atoms with Gasteiger partial charge in [0.05, 0.1) is 5.69 Å². The molecule has 0 bridgehead atoms. The second kappa shape index (κ2) is 6.81. The van der Waals surface area contributed by atoms with Crippen molar-refractivity contribution >= 4 is 34.3 Å². The van der Waals surface area contributed by atoms with Crippen LogP contribution in [0.25, 0.3) is 11.1 Å². The van der Waals surface area contributed by atoms with E-state index in [0.717, 1.165) is 5.56 Å². The summed E-state index contributed by atoms with van der Waals surface area (Å²) in [4.78, 5) is 16.8. The Bertz CT molecular complexity index is 1130. The average Bonchev–Trinajstić information content (AvgIpc) is 3.20. The number of carbonyl (C=O) groups is 1. The van der Waals surface area contributed by atoms with Gasteiger partial charge in [-0.05, 0) is 48.9 Å². The molecule has 0 unspecified atom stereocenters. The Labute approximate surface area is 159 Å². The lowest BCUT2D eigenvalue weighted by Crippen LogP contribution is -2.11. The number of amides is 1. The van der Waals surface area contributed by atoms with Crippen LogP contribution in [0.4, 0.5) is 5.69 Å². The number of anilines is 1. The molecule has 0 aliphatic heterocycles. The van der Waals surface area contributed by atoms with Crippen LogP contribution < -0.4 is 10.1 Å². The standard InChI is InChI=1S/C20H15ClN2O4/c1-11-8-13(21)10-14(9-11)26-18-7-6-17(27-18)20(24)23-15-4-3-5-16-19(15)22-12(2)25-16/h3-10H,1-2H3,(H,23,24). The average molecular weight is 383 g/mol. The normalized spacial score (nSPS) is 10.9. The first-order valence-corrected chi connectivity index (χ1v) is 8.58. The minimum absolute atomic E-state index is 0.112. The summed E-state index contributed by atoms with van der Waals surface area (Å²) in [6.45, 7) is 3.66. The number of oxazole rings is 1. The fraction of sp³-hybridized carbons (Fsp3) is 0.100. The summed E-state index contributed by atoms with van der Waals surface area (Å²) in [5, 5.41) is 3.34. The number of furan rings is 1. The predicted octanol–water partition coefficient (Wildman–Crippen LogP) is 5.74. The van der Waals surface area contributed by atoms with Gasteiger partial charge in [-0.3, -0.25) is 4.79 Å². The number of benzene rings is 2. The van der Waals surface area contributed by atoms with Crippen molar-refractivity contribution in [2.75, 3.05) is 5.32 Å². The first kappa shape index (κ1) is 17.2. The van der Waals surface area contributed by atoms with Gasteiger partial charge in [0.25, 0.3) is 11.9 Å². The SMILES string of the molecule is Cc1cc(Cl)cc(Oc2ccc(C(=O)Nc3cccc4oc(C)nc34)o2)c1. The molecule has 7 heteroatoms. The molecule has 6 nitrogen and oxygen atoms in total. The van der Waals surface area contributed by atoms with Gasteiger partial charge in [-0.1, -0.05) is 17.7 Å². The van der Waals surface area contributed by atoms with E-state index >= 15 is 0 Å². The molecule has 4 aromatic rings. The van der Waals surface area contributed by atoms with Gasteiger partial charge in [-0.2, -0.15) is 0 Å². The van der Waals surface area contributed by atoms with Gasteiger partial charge in [-0.15, -0.1) is 0 Å². The number of halogens is 1. The second-order valence-electron chi connectivity index (χ2n) is 6.02. The molecule has 0 atom stereocenters. The molecule has 2 aromatic carbocycles. The molecule has 2 aromatic heterocycles. The Morgan fingerprint density at radius 3 is 2.78 bits per heavy atom. The molecule has 0 saturated heterocycles. The Hall–Kier alpha value is -3.25. The highest BCUT2D eigenvalue weighted by Crippen LogP contribution is 2.28. The van der Waals surface area contributed by atoms with Crippen molar-refractivity contribution < 1.29 is 18.4 Å². The van der Waals surface area contributed by atoms with Crippen molar-refractivity contribution in [2.45, 2.75) is 13.8 Å². The third kappa shape index (κ3) is 3.66. The Morgan fingerprint density at radius 1 is 1.11 bits per heavy atom. The molecule has 0 spiro atoms. The summed E-state index contributed by atoms with van der Waals surface area (Å²) in [5.74, 6) is 0.944. The first-order valence-electron chi connectivity index (χ1n) is 8.20. The zero-order valence-electron chi connectivity index (χ0n) is 14.6. The van der Waals surface area contributed by atoms with Crippen LogP contribution in [0.2, 0.25) is 5.02 Å². The number of hydrogen-bond acceptors (Lipinski definition) is 5. The maximum atomic E-state index is 12.5. The monoisotopic (exact) mass is 382 g/mol. The van der Waals surface area contributed by atoms with Crippen LogP contribution in [0.1, 0.15) is 22.0 Å². The lowest BCUT2D eigenvalue weighted by Gasteiger charge is -2.05. The smallest absolute Gasteiger partial charge is 0.291 e. The number of nitrogens with zero attached hydrogens (tertiary/aromatic N) is 1. The highest BCUT2D eigenvalue weighted by molar-refractivity contribution is 6.30. The number of carbonyl (C=O) groups excluding carboxylic acids is 1. The first-order chi connectivity index (χ1) is 13.0. The summed E-state index contributed by atoms with van der Waals surface area (Å²) >= 11 is 6.02. The molecular formula is C20H15ClN2O4. The lowest BCUT2D eigenvalue weighted by atomic mass is 10.2. The van der Waals surface area contributed by atoms with E-state index in [2.05, 4.69) is 10.3 Å². The summed E-state index contributed by atoms with van der Waals surface area (Å²) < 4.78 is 16.6. The van der Waals surface area contributed by atoms with E-state index in [9.17, 15) is 4.79 Å². The number of nitrogens with one attached hydrogen (secondary N) is 1. The number of rotatable bonds is 4. The van der Waals surface area contributed by atoms with Crippen molar-refractivity contribution in [3.8, 4) is 11.7 Å². The molecular weight excluding hydrogens is 368 g/mol. The van der Waals surface area contributed by atoms with E-state index in [0.29, 0.717) is 33.4 Å². The highest BCUT2D eigenvalue weighted by Gasteiger charge is 2.16. The van der Waals surface area contributed by atoms with Gasteiger partial charge in [0.15, 0.2) is 17.2 Å². The summed E-state index contributed by atoms with van der Waals surface area (Å²) in [6.07, 6.45) is 0. The molecule has 0 saturated carbocycles. The zero-order chi connectivity index (χ0) is 19.0. The maximum absolute atomic E-state index is 12.5. The van der Waals surface area contributed by atoms with Gasteiger partial charge >= 0.3 is 0 Å². The van der Waals surface area contributed by atoms with Crippen LogP contribution in [-0.4, -0.2) is 10.9 Å². The van der Waals surface area contributed by atoms with Crippen LogP contribution in [0.3, 0.4) is 0 Å². The van der Waals surface area contributed by atoms with Gasteiger partial charge < -0.3 is 18.9 Å². The fourth-order valence-electron chi connectivity index (χ4n) is 2.72. The summed E-state index contributed by atoms with van der Waals surface area (Å²) in [7, 11) is 0. The molecule has 136 valence electrons. The van der Waals surface area contributed by atoms with E-state index in [1.807, 2.05) is 19.1 Å². The van der Waals surface area contributed by atoms with Gasteiger partial charge in [0.2, 0.25) is 0 Å². The molecule has 1 amide bonds. The van der Waals surface area contributed by atoms with E-state index in [1.165, 1.54) is 6.07 Å². The molecule has 1 N–H and O–H groups in total. The Kier molecular flexibility index (Phi) is 4.33. The third-order valence-corrected chi connectivity index (χ3v) is 4.03. The van der Waals surface area contributed by atoms with Crippen molar-refractivity contribution in [3.05, 3.63) is 70.8 Å². The minimum atomic E-state index is -0.416. The molecule has 0 aliphatic rings. The van der Waals surface area contributed by atoms with Crippen LogP contribution >= 0.6 is 11.6 Å². The van der Waals surface area contributed by atoms with Crippen LogP contribution in [0.5, 0.6) is 11.7 Å². The molecule has 0 aliphatic carbocycles. The minimum Gasteiger partial charge on any atom is -0.441 e. The Morgan fingerprint density at radius 2 is 1.96 bits per heavy atom. The Balaban J connectivity index is 1.53. The molecule has 27 heavy (non-hydrogen) atoms. The summed E-state index contributed by atoms with van der Waals surface area (Å²) in [5.41, 5.74) is 2.68. The molecule has 0 radical (unpaired) electrons. The molecule has 2 heterocycles. The van der Waals surface area contributed by atoms with Crippen LogP contribution in [0, 0.1) is 13.8 Å². The van der Waals surface area contributed by atoms with Crippen molar-refractivity contribution in [1.82, 2.24) is 4.98 Å². The summed E-state index contributed by atoms with van der Waals surface area (Å²) in [6, 6.07) is 13.7. The number of hydrogen-bond donors (Lipinski definition) is 1. The number of aryl methyl sites for hydroxylation is 2. The third-order valence-electron chi connectivity index (χ3n) is 3.81. The lowest BCUT2D eigenvalue weighted by molar-refractivity contribution is 0.0992. The number of aromatic nitrogens is 1. The van der Waals surface area contributed by atoms with Crippen LogP contribution in [0.15, 0.2) is 57.4 Å². The van der Waals surface area contributed by atoms with Crippen molar-refractivity contribution in [2.24, 2.45) is 0 Å². The van der Waals surface area contributed by atoms with Crippen molar-refractivity contribution in [3.63, 3.8) is 0 Å². The quantitative estimate of drug-likeness (QED) is 0.487. The fourth-order valence-corrected chi connectivity index (χ4v) is 3.00. The zero-order valence-corrected chi connectivity index (χ0v) is 15.3. The van der Waals surface area contributed by atoms with E-state index in [4.69, 9.17) is 25.2 Å². The van der Waals surface area contributed by atoms with E-state index in [1.54, 1.807) is 37.3 Å². The topological polar surface area (TPSA) is 77.5 Å². The highest BCUT2D eigenvalue weighted by atomic mass is 35.5. The maximum Gasteiger partial charge on any atom is 0.291 e. The number of para-hydroxylation sites is 1.